The summed E-state index contributed by atoms with van der Waals surface area (Å²) in [5.74, 6) is -2.13. The zero-order valence-corrected chi connectivity index (χ0v) is 7.53. The maximum atomic E-state index is 11.1. The van der Waals surface area contributed by atoms with Crippen molar-refractivity contribution >= 4 is 11.9 Å². The lowest BCUT2D eigenvalue weighted by Gasteiger charge is -2.29. The van der Waals surface area contributed by atoms with Gasteiger partial charge in [-0.3, -0.25) is 0 Å². The van der Waals surface area contributed by atoms with Crippen LogP contribution in [0.25, 0.3) is 0 Å². The molecule has 0 saturated carbocycles. The molecular weight excluding hydrogens is 176 g/mol. The average Bonchev–Trinajstić information content (AvgIpc) is 2.29. The van der Waals surface area contributed by atoms with E-state index in [1.54, 1.807) is 0 Å². The lowest BCUT2D eigenvalue weighted by atomic mass is 9.81. The summed E-state index contributed by atoms with van der Waals surface area (Å²) in [6, 6.07) is 0. The van der Waals surface area contributed by atoms with Crippen molar-refractivity contribution in [1.82, 2.24) is 0 Å². The van der Waals surface area contributed by atoms with Crippen molar-refractivity contribution in [1.29, 1.82) is 0 Å². The topological polar surface area (TPSA) is 83.8 Å². The van der Waals surface area contributed by atoms with Gasteiger partial charge in [0.25, 0.3) is 0 Å². The standard InChI is InChI=1S/C8H12O5/c1-3-7(11)5(9)13-6(10)8(7,12)4-2/h11-12H,3-4H2,1-2H3. The Morgan fingerprint density at radius 2 is 1.38 bits per heavy atom. The summed E-state index contributed by atoms with van der Waals surface area (Å²) in [6.07, 6.45) is -0.107. The van der Waals surface area contributed by atoms with Crippen LogP contribution in [0.1, 0.15) is 26.7 Å². The Kier molecular flexibility index (Phi) is 2.17. The number of ether oxygens (including phenoxy) is 1. The third-order valence-corrected chi connectivity index (χ3v) is 2.57. The second-order valence-electron chi connectivity index (χ2n) is 3.10. The molecule has 1 aliphatic rings. The first-order valence-electron chi connectivity index (χ1n) is 4.14. The summed E-state index contributed by atoms with van der Waals surface area (Å²) >= 11 is 0. The Labute approximate surface area is 75.3 Å². The Morgan fingerprint density at radius 3 is 1.62 bits per heavy atom. The lowest BCUT2D eigenvalue weighted by Crippen LogP contribution is -2.56. The fourth-order valence-electron chi connectivity index (χ4n) is 1.46. The number of carbonyl (C=O) groups is 2. The second-order valence-corrected chi connectivity index (χ2v) is 3.10. The van der Waals surface area contributed by atoms with Crippen molar-refractivity contribution in [2.75, 3.05) is 0 Å². The molecule has 0 bridgehead atoms. The van der Waals surface area contributed by atoms with Gasteiger partial charge in [0.05, 0.1) is 0 Å². The van der Waals surface area contributed by atoms with Crippen LogP contribution < -0.4 is 0 Å². The summed E-state index contributed by atoms with van der Waals surface area (Å²) in [7, 11) is 0. The third-order valence-electron chi connectivity index (χ3n) is 2.57. The summed E-state index contributed by atoms with van der Waals surface area (Å²) in [5, 5.41) is 19.4. The van der Waals surface area contributed by atoms with Crippen molar-refractivity contribution in [3.05, 3.63) is 0 Å². The molecule has 13 heavy (non-hydrogen) atoms. The molecule has 2 N–H and O–H groups in total. The molecule has 0 aromatic carbocycles. The van der Waals surface area contributed by atoms with Gasteiger partial charge in [-0.2, -0.15) is 0 Å². The van der Waals surface area contributed by atoms with Crippen LogP contribution in [0.15, 0.2) is 0 Å². The molecule has 1 heterocycles. The fourth-order valence-corrected chi connectivity index (χ4v) is 1.46. The quantitative estimate of drug-likeness (QED) is 0.444. The molecule has 0 aliphatic carbocycles. The number of aliphatic hydroxyl groups is 2. The molecule has 0 aromatic rings. The smallest absolute Gasteiger partial charge is 0.349 e. The van der Waals surface area contributed by atoms with E-state index in [9.17, 15) is 19.8 Å². The average molecular weight is 188 g/mol. The molecule has 1 saturated heterocycles. The predicted octanol–water partition coefficient (Wildman–Crippen LogP) is -0.648. The van der Waals surface area contributed by atoms with Crippen molar-refractivity contribution < 1.29 is 24.5 Å². The van der Waals surface area contributed by atoms with Crippen molar-refractivity contribution in [3.8, 4) is 0 Å². The number of hydrogen-bond acceptors (Lipinski definition) is 5. The van der Waals surface area contributed by atoms with Crippen molar-refractivity contribution in [3.63, 3.8) is 0 Å². The molecule has 74 valence electrons. The van der Waals surface area contributed by atoms with Crippen LogP contribution in [0.2, 0.25) is 0 Å². The molecule has 0 amide bonds. The molecule has 1 rings (SSSR count). The van der Waals surface area contributed by atoms with Crippen LogP contribution in [0.5, 0.6) is 0 Å². The van der Waals surface area contributed by atoms with Gasteiger partial charge in [0.1, 0.15) is 0 Å². The molecule has 0 spiro atoms. The Morgan fingerprint density at radius 1 is 1.08 bits per heavy atom. The van der Waals surface area contributed by atoms with E-state index in [1.807, 2.05) is 0 Å². The third kappa shape index (κ3) is 1.00. The van der Waals surface area contributed by atoms with Gasteiger partial charge < -0.3 is 14.9 Å². The number of cyclic esters (lactones) is 2. The molecule has 0 aromatic heterocycles. The number of hydrogen-bond donors (Lipinski definition) is 2. The summed E-state index contributed by atoms with van der Waals surface area (Å²) in [6.45, 7) is 3.00. The molecule has 2 unspecified atom stereocenters. The van der Waals surface area contributed by atoms with Gasteiger partial charge in [0.2, 0.25) is 11.2 Å². The first-order chi connectivity index (χ1) is 5.92. The van der Waals surface area contributed by atoms with E-state index in [1.165, 1.54) is 13.8 Å². The monoisotopic (exact) mass is 188 g/mol. The summed E-state index contributed by atoms with van der Waals surface area (Å²) < 4.78 is 4.20. The van der Waals surface area contributed by atoms with Crippen LogP contribution in [0, 0.1) is 0 Å². The van der Waals surface area contributed by atoms with Gasteiger partial charge in [0.15, 0.2) is 0 Å². The number of carbonyl (C=O) groups excluding carboxylic acids is 2. The molecular formula is C8H12O5. The summed E-state index contributed by atoms with van der Waals surface area (Å²) in [4.78, 5) is 22.1. The minimum Gasteiger partial charge on any atom is -0.389 e. The van der Waals surface area contributed by atoms with Gasteiger partial charge in [-0.25, -0.2) is 9.59 Å². The van der Waals surface area contributed by atoms with Gasteiger partial charge in [-0.05, 0) is 12.8 Å². The van der Waals surface area contributed by atoms with E-state index in [0.29, 0.717) is 0 Å². The van der Waals surface area contributed by atoms with E-state index < -0.39 is 23.1 Å². The van der Waals surface area contributed by atoms with Gasteiger partial charge in [-0.15, -0.1) is 0 Å². The number of esters is 2. The summed E-state index contributed by atoms with van der Waals surface area (Å²) in [5.41, 5.74) is -4.17. The largest absolute Gasteiger partial charge is 0.389 e. The number of rotatable bonds is 2. The van der Waals surface area contributed by atoms with Gasteiger partial charge in [0, 0.05) is 0 Å². The fraction of sp³-hybridized carbons (Fsp3) is 0.750. The van der Waals surface area contributed by atoms with E-state index in [0.717, 1.165) is 0 Å². The van der Waals surface area contributed by atoms with Crippen LogP contribution in [-0.2, 0) is 14.3 Å². The molecule has 1 aliphatic heterocycles. The predicted molar refractivity (Wildman–Crippen MR) is 41.6 cm³/mol. The highest BCUT2D eigenvalue weighted by atomic mass is 16.6. The van der Waals surface area contributed by atoms with E-state index in [4.69, 9.17) is 0 Å². The van der Waals surface area contributed by atoms with Crippen LogP contribution in [0.4, 0.5) is 0 Å². The second kappa shape index (κ2) is 2.78. The van der Waals surface area contributed by atoms with Crippen LogP contribution in [-0.4, -0.2) is 33.4 Å². The molecule has 0 radical (unpaired) electrons. The van der Waals surface area contributed by atoms with Gasteiger partial charge in [-0.1, -0.05) is 13.8 Å². The zero-order chi connectivity index (χ0) is 10.3. The zero-order valence-electron chi connectivity index (χ0n) is 7.53. The maximum absolute atomic E-state index is 11.1. The van der Waals surface area contributed by atoms with E-state index in [-0.39, 0.29) is 12.8 Å². The highest BCUT2D eigenvalue weighted by Gasteiger charge is 2.65. The van der Waals surface area contributed by atoms with Crippen molar-refractivity contribution in [2.24, 2.45) is 0 Å². The Bertz CT molecular complexity index is 235. The molecule has 5 heteroatoms. The molecule has 2 atom stereocenters. The Balaban J connectivity index is 3.18. The van der Waals surface area contributed by atoms with Gasteiger partial charge >= 0.3 is 11.9 Å². The highest BCUT2D eigenvalue weighted by Crippen LogP contribution is 2.37. The first kappa shape index (κ1) is 10.1. The highest BCUT2D eigenvalue weighted by molar-refractivity contribution is 6.05. The molecule has 5 nitrogen and oxygen atoms in total. The maximum Gasteiger partial charge on any atom is 0.349 e. The molecule has 1 fully saturated rings. The van der Waals surface area contributed by atoms with Crippen LogP contribution >= 0.6 is 0 Å². The first-order valence-corrected chi connectivity index (χ1v) is 4.14. The lowest BCUT2D eigenvalue weighted by molar-refractivity contribution is -0.168. The Hall–Kier alpha value is -0.940. The minimum absolute atomic E-state index is 0.0537. The van der Waals surface area contributed by atoms with E-state index in [2.05, 4.69) is 4.74 Å². The van der Waals surface area contributed by atoms with E-state index >= 15 is 0 Å². The van der Waals surface area contributed by atoms with Crippen molar-refractivity contribution in [2.45, 2.75) is 37.9 Å². The minimum atomic E-state index is -2.08. The van der Waals surface area contributed by atoms with Crippen LogP contribution in [0.3, 0.4) is 0 Å². The normalized spacial score (nSPS) is 39.4. The SMILES string of the molecule is CCC1(O)C(=O)OC(=O)C1(O)CC.